The van der Waals surface area contributed by atoms with Crippen LogP contribution in [0, 0.1) is 11.8 Å². The fourth-order valence-corrected chi connectivity index (χ4v) is 3.99. The number of fused-ring (bicyclic) bond motifs is 3. The average molecular weight is 188 g/mol. The summed E-state index contributed by atoms with van der Waals surface area (Å²) >= 11 is 2.10. The van der Waals surface area contributed by atoms with E-state index < -0.39 is 0 Å². The van der Waals surface area contributed by atoms with E-state index in [-0.39, 0.29) is 0 Å². The molecular weight excluding hydrogens is 176 g/mol. The largest absolute Gasteiger partial charge is 0.146 e. The molecule has 13 heavy (non-hydrogen) atoms. The summed E-state index contributed by atoms with van der Waals surface area (Å²) in [4.78, 5) is 0. The van der Waals surface area contributed by atoms with Crippen molar-refractivity contribution in [2.75, 3.05) is 0 Å². The van der Waals surface area contributed by atoms with Crippen LogP contribution in [0.1, 0.15) is 0 Å². The van der Waals surface area contributed by atoms with Gasteiger partial charge in [0, 0.05) is 22.3 Å². The normalized spacial score (nSPS) is 44.9. The number of hydrogen-bond acceptors (Lipinski definition) is 1. The second kappa shape index (κ2) is 2.91. The lowest BCUT2D eigenvalue weighted by molar-refractivity contribution is 0.527. The molecule has 3 rings (SSSR count). The minimum Gasteiger partial charge on any atom is -0.146 e. The molecule has 3 aliphatic rings. The van der Waals surface area contributed by atoms with Crippen molar-refractivity contribution in [3.8, 4) is 0 Å². The second-order valence-corrected chi connectivity index (χ2v) is 5.12. The highest BCUT2D eigenvalue weighted by molar-refractivity contribution is 8.01. The average Bonchev–Trinajstić information content (AvgIpc) is 2.56. The van der Waals surface area contributed by atoms with E-state index in [2.05, 4.69) is 60.4 Å². The molecule has 4 atom stereocenters. The molecule has 0 aromatic heterocycles. The lowest BCUT2D eigenvalue weighted by Gasteiger charge is -2.20. The van der Waals surface area contributed by atoms with E-state index in [4.69, 9.17) is 0 Å². The summed E-state index contributed by atoms with van der Waals surface area (Å²) in [5, 5.41) is 1.43. The van der Waals surface area contributed by atoms with Crippen LogP contribution >= 0.6 is 11.8 Å². The lowest BCUT2D eigenvalue weighted by Crippen LogP contribution is -2.18. The molecule has 1 aliphatic heterocycles. The molecule has 0 saturated carbocycles. The van der Waals surface area contributed by atoms with Crippen molar-refractivity contribution in [2.24, 2.45) is 11.8 Å². The molecule has 1 fully saturated rings. The van der Waals surface area contributed by atoms with Crippen molar-refractivity contribution in [3.63, 3.8) is 0 Å². The highest BCUT2D eigenvalue weighted by Gasteiger charge is 2.39. The molecule has 1 heteroatoms. The monoisotopic (exact) mass is 188 g/mol. The predicted octanol–water partition coefficient (Wildman–Crippen LogP) is 2.95. The summed E-state index contributed by atoms with van der Waals surface area (Å²) in [6.07, 6.45) is 18.2. The molecule has 4 unspecified atom stereocenters. The quantitative estimate of drug-likeness (QED) is 0.563. The van der Waals surface area contributed by atoms with E-state index in [1.54, 1.807) is 0 Å². The summed E-state index contributed by atoms with van der Waals surface area (Å²) in [5.41, 5.74) is 0. The Bertz CT molecular complexity index is 290. The third-order valence-electron chi connectivity index (χ3n) is 3.01. The Kier molecular flexibility index (Phi) is 1.72. The molecule has 1 heterocycles. The van der Waals surface area contributed by atoms with Crippen molar-refractivity contribution in [1.29, 1.82) is 0 Å². The van der Waals surface area contributed by atoms with E-state index in [0.717, 1.165) is 11.8 Å². The molecule has 0 radical (unpaired) electrons. The maximum atomic E-state index is 2.37. The summed E-state index contributed by atoms with van der Waals surface area (Å²) < 4.78 is 0. The first-order chi connectivity index (χ1) is 6.45. The fourth-order valence-electron chi connectivity index (χ4n) is 2.36. The van der Waals surface area contributed by atoms with Gasteiger partial charge in [-0.1, -0.05) is 48.6 Å². The van der Waals surface area contributed by atoms with Crippen LogP contribution in [-0.2, 0) is 0 Å². The Labute approximate surface area is 83.1 Å². The molecule has 0 bridgehead atoms. The first-order valence-electron chi connectivity index (χ1n) is 4.80. The SMILES string of the molecule is C1=CC2SC3C=CC=CC3C2C=C1. The zero-order valence-electron chi connectivity index (χ0n) is 7.34. The number of thioether (sulfide) groups is 1. The van der Waals surface area contributed by atoms with Crippen LogP contribution in [0.25, 0.3) is 0 Å². The van der Waals surface area contributed by atoms with Gasteiger partial charge >= 0.3 is 0 Å². The van der Waals surface area contributed by atoms with Crippen LogP contribution < -0.4 is 0 Å². The van der Waals surface area contributed by atoms with Crippen LogP contribution in [0.4, 0.5) is 0 Å². The molecule has 1 saturated heterocycles. The van der Waals surface area contributed by atoms with Gasteiger partial charge in [-0.25, -0.2) is 0 Å². The third-order valence-corrected chi connectivity index (χ3v) is 4.58. The summed E-state index contributed by atoms with van der Waals surface area (Å²) in [7, 11) is 0. The van der Waals surface area contributed by atoms with Gasteiger partial charge in [-0.15, -0.1) is 11.8 Å². The van der Waals surface area contributed by atoms with Crippen LogP contribution in [0.3, 0.4) is 0 Å². The highest BCUT2D eigenvalue weighted by Crippen LogP contribution is 2.47. The molecule has 0 amide bonds. The maximum Gasteiger partial charge on any atom is 0.0305 e. The van der Waals surface area contributed by atoms with Crippen LogP contribution in [0.5, 0.6) is 0 Å². The number of allylic oxidation sites excluding steroid dienone is 6. The first kappa shape index (κ1) is 7.69. The predicted molar refractivity (Wildman–Crippen MR) is 58.7 cm³/mol. The van der Waals surface area contributed by atoms with Gasteiger partial charge in [-0.3, -0.25) is 0 Å². The van der Waals surface area contributed by atoms with Crippen molar-refractivity contribution < 1.29 is 0 Å². The van der Waals surface area contributed by atoms with Crippen molar-refractivity contribution in [1.82, 2.24) is 0 Å². The Hall–Kier alpha value is -0.690. The third kappa shape index (κ3) is 1.14. The van der Waals surface area contributed by atoms with E-state index in [1.165, 1.54) is 0 Å². The van der Waals surface area contributed by atoms with Gasteiger partial charge in [0.05, 0.1) is 0 Å². The molecule has 0 aromatic carbocycles. The molecule has 0 nitrogen and oxygen atoms in total. The zero-order valence-corrected chi connectivity index (χ0v) is 8.15. The molecule has 2 aliphatic carbocycles. The van der Waals surface area contributed by atoms with Gasteiger partial charge in [0.15, 0.2) is 0 Å². The second-order valence-electron chi connectivity index (χ2n) is 3.76. The van der Waals surface area contributed by atoms with Gasteiger partial charge in [0.25, 0.3) is 0 Å². The Morgan fingerprint density at radius 3 is 1.62 bits per heavy atom. The minimum absolute atomic E-state index is 0.715. The van der Waals surface area contributed by atoms with Gasteiger partial charge in [0.2, 0.25) is 0 Å². The molecular formula is C12H12S. The van der Waals surface area contributed by atoms with Crippen LogP contribution in [0.2, 0.25) is 0 Å². The highest BCUT2D eigenvalue weighted by atomic mass is 32.2. The molecule has 0 aromatic rings. The van der Waals surface area contributed by atoms with Crippen LogP contribution in [-0.4, -0.2) is 10.5 Å². The van der Waals surface area contributed by atoms with Gasteiger partial charge in [-0.05, 0) is 0 Å². The van der Waals surface area contributed by atoms with Crippen molar-refractivity contribution in [3.05, 3.63) is 48.6 Å². The standard InChI is InChI=1S/C12H12S/c1-3-7-11-9(5-1)10-6-2-4-8-12(10)13-11/h1-12H. The lowest BCUT2D eigenvalue weighted by atomic mass is 9.83. The van der Waals surface area contributed by atoms with E-state index >= 15 is 0 Å². The summed E-state index contributed by atoms with van der Waals surface area (Å²) in [6, 6.07) is 0. The Balaban J connectivity index is 1.95. The van der Waals surface area contributed by atoms with Gasteiger partial charge in [-0.2, -0.15) is 0 Å². The summed E-state index contributed by atoms with van der Waals surface area (Å²) in [6.45, 7) is 0. The smallest absolute Gasteiger partial charge is 0.0305 e. The van der Waals surface area contributed by atoms with E-state index in [1.807, 2.05) is 0 Å². The molecule has 0 N–H and O–H groups in total. The number of rotatable bonds is 0. The first-order valence-corrected chi connectivity index (χ1v) is 5.75. The maximum absolute atomic E-state index is 2.37. The van der Waals surface area contributed by atoms with Gasteiger partial charge < -0.3 is 0 Å². The number of hydrogen-bond donors (Lipinski definition) is 0. The Morgan fingerprint density at radius 2 is 1.08 bits per heavy atom. The topological polar surface area (TPSA) is 0 Å². The van der Waals surface area contributed by atoms with Crippen LogP contribution in [0.15, 0.2) is 48.6 Å². The van der Waals surface area contributed by atoms with Crippen molar-refractivity contribution in [2.45, 2.75) is 10.5 Å². The summed E-state index contributed by atoms with van der Waals surface area (Å²) in [5.74, 6) is 1.47. The van der Waals surface area contributed by atoms with Gasteiger partial charge in [0.1, 0.15) is 0 Å². The van der Waals surface area contributed by atoms with Crippen molar-refractivity contribution >= 4 is 11.8 Å². The molecule has 66 valence electrons. The fraction of sp³-hybridized carbons (Fsp3) is 0.333. The zero-order chi connectivity index (χ0) is 8.67. The minimum atomic E-state index is 0.715. The van der Waals surface area contributed by atoms with E-state index in [9.17, 15) is 0 Å². The molecule has 0 spiro atoms. The Morgan fingerprint density at radius 1 is 0.615 bits per heavy atom. The van der Waals surface area contributed by atoms with E-state index in [0.29, 0.717) is 10.5 Å².